The number of benzene rings is 2. The van der Waals surface area contributed by atoms with Gasteiger partial charge in [0.05, 0.1) is 23.3 Å². The van der Waals surface area contributed by atoms with Crippen LogP contribution in [0.15, 0.2) is 60.8 Å². The van der Waals surface area contributed by atoms with Crippen LogP contribution in [0.2, 0.25) is 0 Å². The second-order valence-electron chi connectivity index (χ2n) is 13.6. The molecule has 2 aliphatic rings. The molecule has 1 aliphatic carbocycles. The number of aliphatic hydroxyl groups is 2. The number of fused-ring (bicyclic) bond motifs is 1. The van der Waals surface area contributed by atoms with E-state index in [1.54, 1.807) is 11.3 Å². The van der Waals surface area contributed by atoms with Crippen LogP contribution in [0.4, 0.5) is 0 Å². The van der Waals surface area contributed by atoms with E-state index in [0.29, 0.717) is 25.9 Å². The van der Waals surface area contributed by atoms with Crippen molar-refractivity contribution in [1.29, 1.82) is 0 Å². The molecule has 0 unspecified atom stereocenters. The standard InChI is InChI=1S/C35H47N5O4S/c1-23-36-19-28(45-23)21-39-14-15-40(30(22-39)34(44)38-35(2,3)4)20-27(41)17-26(16-24-10-6-5-7-11-24)33(43)37-32-29-13-9-8-12-25(29)18-31(32)42/h5-13,19,26-27,30-32,41-42H,14-18,20-22H2,1-4H3,(H,37,43)(H,38,44)/t26-,27+,30+,31-,32+/m1/s1. The van der Waals surface area contributed by atoms with Crippen molar-refractivity contribution in [2.45, 2.75) is 83.3 Å². The van der Waals surface area contributed by atoms with E-state index in [1.165, 1.54) is 4.88 Å². The Morgan fingerprint density at radius 2 is 1.82 bits per heavy atom. The molecule has 2 aromatic carbocycles. The molecule has 0 saturated carbocycles. The fourth-order valence-electron chi connectivity index (χ4n) is 6.51. The Bertz CT molecular complexity index is 1440. The largest absolute Gasteiger partial charge is 0.392 e. The zero-order chi connectivity index (χ0) is 32.1. The number of aryl methyl sites for hydroxylation is 1. The third kappa shape index (κ3) is 8.98. The van der Waals surface area contributed by atoms with Crippen LogP contribution in [0.5, 0.6) is 0 Å². The monoisotopic (exact) mass is 633 g/mol. The molecule has 2 heterocycles. The molecule has 1 fully saturated rings. The Morgan fingerprint density at radius 1 is 1.09 bits per heavy atom. The van der Waals surface area contributed by atoms with Crippen LogP contribution < -0.4 is 10.6 Å². The first kappa shape index (κ1) is 33.2. The van der Waals surface area contributed by atoms with Crippen molar-refractivity contribution in [3.8, 4) is 0 Å². The first-order chi connectivity index (χ1) is 21.4. The summed E-state index contributed by atoms with van der Waals surface area (Å²) >= 11 is 1.67. The smallest absolute Gasteiger partial charge is 0.239 e. The van der Waals surface area contributed by atoms with Gasteiger partial charge in [0.1, 0.15) is 6.04 Å². The van der Waals surface area contributed by atoms with E-state index in [9.17, 15) is 19.8 Å². The normalized spacial score (nSPS) is 22.0. The number of nitrogens with one attached hydrogen (secondary N) is 2. The number of hydrogen-bond acceptors (Lipinski definition) is 8. The minimum absolute atomic E-state index is 0.0626. The topological polar surface area (TPSA) is 118 Å². The molecule has 4 N–H and O–H groups in total. The van der Waals surface area contributed by atoms with Crippen molar-refractivity contribution in [2.24, 2.45) is 5.92 Å². The summed E-state index contributed by atoms with van der Waals surface area (Å²) in [6.07, 6.45) is 1.58. The number of nitrogens with zero attached hydrogens (tertiary/aromatic N) is 3. The van der Waals surface area contributed by atoms with Gasteiger partial charge < -0.3 is 20.8 Å². The van der Waals surface area contributed by atoms with Gasteiger partial charge >= 0.3 is 0 Å². The maximum absolute atomic E-state index is 13.8. The second kappa shape index (κ2) is 14.5. The van der Waals surface area contributed by atoms with E-state index < -0.39 is 30.2 Å². The van der Waals surface area contributed by atoms with Gasteiger partial charge in [-0.15, -0.1) is 11.3 Å². The maximum atomic E-state index is 13.8. The number of amides is 2. The van der Waals surface area contributed by atoms with E-state index >= 15 is 0 Å². The lowest BCUT2D eigenvalue weighted by Gasteiger charge is -2.42. The molecule has 2 amide bonds. The highest BCUT2D eigenvalue weighted by molar-refractivity contribution is 7.11. The summed E-state index contributed by atoms with van der Waals surface area (Å²) in [5.41, 5.74) is 2.60. The van der Waals surface area contributed by atoms with Gasteiger partial charge in [-0.25, -0.2) is 4.98 Å². The SMILES string of the molecule is Cc1ncc(CN2CCN(C[C@@H](O)C[C@@H](Cc3ccccc3)C(=O)N[C@H]3c4ccccc4C[C@H]3O)[C@H](C(=O)NC(C)(C)C)C2)s1. The van der Waals surface area contributed by atoms with Crippen molar-refractivity contribution in [1.82, 2.24) is 25.4 Å². The van der Waals surface area contributed by atoms with Gasteiger partial charge in [-0.05, 0) is 57.2 Å². The van der Waals surface area contributed by atoms with Gasteiger partial charge in [-0.3, -0.25) is 19.4 Å². The lowest BCUT2D eigenvalue weighted by Crippen LogP contribution is -2.61. The van der Waals surface area contributed by atoms with E-state index in [4.69, 9.17) is 0 Å². The van der Waals surface area contributed by atoms with Crippen LogP contribution >= 0.6 is 11.3 Å². The van der Waals surface area contributed by atoms with Crippen molar-refractivity contribution in [3.63, 3.8) is 0 Å². The van der Waals surface area contributed by atoms with Gasteiger partial charge in [0.25, 0.3) is 0 Å². The van der Waals surface area contributed by atoms with Crippen LogP contribution in [-0.2, 0) is 29.0 Å². The van der Waals surface area contributed by atoms with Gasteiger partial charge in [-0.1, -0.05) is 54.6 Å². The average molecular weight is 634 g/mol. The maximum Gasteiger partial charge on any atom is 0.239 e. The van der Waals surface area contributed by atoms with Crippen LogP contribution in [0.3, 0.4) is 0 Å². The van der Waals surface area contributed by atoms with Crippen molar-refractivity contribution >= 4 is 23.2 Å². The Kier molecular flexibility index (Phi) is 10.7. The number of rotatable bonds is 11. The third-order valence-electron chi connectivity index (χ3n) is 8.62. The third-order valence-corrected chi connectivity index (χ3v) is 9.52. The lowest BCUT2D eigenvalue weighted by atomic mass is 9.91. The molecule has 1 aliphatic heterocycles. The highest BCUT2D eigenvalue weighted by atomic mass is 32.1. The van der Waals surface area contributed by atoms with Crippen LogP contribution in [0.25, 0.3) is 0 Å². The summed E-state index contributed by atoms with van der Waals surface area (Å²) in [5.74, 6) is -0.766. The lowest BCUT2D eigenvalue weighted by molar-refractivity contribution is -0.132. The molecule has 9 nitrogen and oxygen atoms in total. The summed E-state index contributed by atoms with van der Waals surface area (Å²) in [4.78, 5) is 37.2. The minimum Gasteiger partial charge on any atom is -0.392 e. The Labute approximate surface area is 270 Å². The summed E-state index contributed by atoms with van der Waals surface area (Å²) in [7, 11) is 0. The molecule has 0 spiro atoms. The first-order valence-electron chi connectivity index (χ1n) is 15.9. The van der Waals surface area contributed by atoms with Crippen LogP contribution in [0.1, 0.15) is 59.8 Å². The van der Waals surface area contributed by atoms with Gasteiger partial charge in [-0.2, -0.15) is 0 Å². The predicted octanol–water partition coefficient (Wildman–Crippen LogP) is 3.24. The van der Waals surface area contributed by atoms with Crippen molar-refractivity contribution < 1.29 is 19.8 Å². The number of thiazole rings is 1. The van der Waals surface area contributed by atoms with E-state index in [2.05, 4.69) is 25.4 Å². The molecule has 242 valence electrons. The Hall–Kier alpha value is -3.15. The summed E-state index contributed by atoms with van der Waals surface area (Å²) in [6.45, 7) is 10.8. The number of carbonyl (C=O) groups is 2. The Morgan fingerprint density at radius 3 is 2.53 bits per heavy atom. The molecule has 45 heavy (non-hydrogen) atoms. The van der Waals surface area contributed by atoms with E-state index in [0.717, 1.165) is 34.8 Å². The molecule has 0 bridgehead atoms. The fraction of sp³-hybridized carbons (Fsp3) is 0.514. The zero-order valence-corrected chi connectivity index (χ0v) is 27.6. The molecule has 5 atom stereocenters. The first-order valence-corrected chi connectivity index (χ1v) is 16.7. The van der Waals surface area contributed by atoms with Gasteiger partial charge in [0, 0.05) is 61.7 Å². The van der Waals surface area contributed by atoms with Crippen LogP contribution in [-0.4, -0.2) is 86.8 Å². The highest BCUT2D eigenvalue weighted by Crippen LogP contribution is 2.32. The number of hydrogen-bond donors (Lipinski definition) is 4. The highest BCUT2D eigenvalue weighted by Gasteiger charge is 2.37. The van der Waals surface area contributed by atoms with E-state index in [-0.39, 0.29) is 30.3 Å². The fourth-order valence-corrected chi connectivity index (χ4v) is 7.35. The number of aliphatic hydroxyl groups excluding tert-OH is 2. The molecular weight excluding hydrogens is 586 g/mol. The zero-order valence-electron chi connectivity index (χ0n) is 26.8. The second-order valence-corrected chi connectivity index (χ2v) is 14.9. The minimum atomic E-state index is -0.828. The molecule has 1 saturated heterocycles. The quantitative estimate of drug-likeness (QED) is 0.256. The number of β-amino-alcohol motifs (C(OH)–C–C–N with tert-alkyl or cyclic N) is 1. The predicted molar refractivity (Wildman–Crippen MR) is 177 cm³/mol. The van der Waals surface area contributed by atoms with Gasteiger partial charge in [0.2, 0.25) is 11.8 Å². The van der Waals surface area contributed by atoms with Crippen molar-refractivity contribution in [2.75, 3.05) is 26.2 Å². The van der Waals surface area contributed by atoms with Crippen molar-refractivity contribution in [3.05, 3.63) is 87.4 Å². The molecule has 0 radical (unpaired) electrons. The average Bonchev–Trinajstić information content (AvgIpc) is 3.54. The summed E-state index contributed by atoms with van der Waals surface area (Å²) < 4.78 is 0. The number of aromatic nitrogens is 1. The van der Waals surface area contributed by atoms with Crippen LogP contribution in [0, 0.1) is 12.8 Å². The molecule has 3 aromatic rings. The number of carbonyl (C=O) groups excluding carboxylic acids is 2. The Balaban J connectivity index is 1.28. The summed E-state index contributed by atoms with van der Waals surface area (Å²) in [6, 6.07) is 16.7. The molecule has 5 rings (SSSR count). The number of piperazine rings is 1. The summed E-state index contributed by atoms with van der Waals surface area (Å²) in [5, 5.41) is 29.5. The molecule has 10 heteroatoms. The van der Waals surface area contributed by atoms with Gasteiger partial charge in [0.15, 0.2) is 0 Å². The van der Waals surface area contributed by atoms with E-state index in [1.807, 2.05) is 88.5 Å². The molecule has 1 aromatic heterocycles. The molecular formula is C35H47N5O4S.